The second-order valence-electron chi connectivity index (χ2n) is 10.3. The van der Waals surface area contributed by atoms with E-state index in [1.165, 1.54) is 126 Å². The first kappa shape index (κ1) is 36.4. The third-order valence-corrected chi connectivity index (χ3v) is 19.7. The van der Waals surface area contributed by atoms with E-state index in [4.69, 9.17) is 9.47 Å². The minimum Gasteiger partial charge on any atom is -0.385 e. The van der Waals surface area contributed by atoms with Gasteiger partial charge in [-0.2, -0.15) is 0 Å². The highest BCUT2D eigenvalue weighted by atomic mass is 33.5. The number of methoxy groups -OCH3 is 2. The van der Waals surface area contributed by atoms with Gasteiger partial charge < -0.3 is 9.47 Å². The van der Waals surface area contributed by atoms with Gasteiger partial charge in [-0.25, -0.2) is 0 Å². The van der Waals surface area contributed by atoms with E-state index in [-0.39, 0.29) is 0 Å². The van der Waals surface area contributed by atoms with E-state index < -0.39 is 17.6 Å². The number of hydrogen-bond donors (Lipinski definition) is 0. The van der Waals surface area contributed by atoms with Crippen LogP contribution in [0.4, 0.5) is 0 Å². The van der Waals surface area contributed by atoms with Gasteiger partial charge in [0, 0.05) is 37.2 Å². The van der Waals surface area contributed by atoms with Crippen LogP contribution in [-0.2, 0) is 9.47 Å². The van der Waals surface area contributed by atoms with E-state index in [0.29, 0.717) is 11.5 Å². The average molecular weight is 583 g/mol. The quantitative estimate of drug-likeness (QED) is 0.0517. The lowest BCUT2D eigenvalue weighted by Crippen LogP contribution is -2.32. The first-order chi connectivity index (χ1) is 17.2. The molecule has 0 aromatic rings. The molecule has 2 unspecified atom stereocenters. The molecule has 2 nitrogen and oxygen atoms in total. The SMILES string of the molecule is CCCC[SiH](CCCC)C(CCCCSSSCCCCC(OC)[SiH](CCCC)CCCC)OC. The third-order valence-electron chi connectivity index (χ3n) is 7.40. The van der Waals surface area contributed by atoms with Crippen molar-refractivity contribution in [2.45, 2.75) is 153 Å². The smallest absolute Gasteiger partial charge is 0.0716 e. The third kappa shape index (κ3) is 21.0. The Morgan fingerprint density at radius 2 is 0.857 bits per heavy atom. The van der Waals surface area contributed by atoms with Gasteiger partial charge in [0.2, 0.25) is 0 Å². The molecule has 0 aromatic carbocycles. The molecule has 0 fully saturated rings. The predicted molar refractivity (Wildman–Crippen MR) is 175 cm³/mol. The van der Waals surface area contributed by atoms with Crippen molar-refractivity contribution in [1.29, 1.82) is 0 Å². The Labute approximate surface area is 236 Å². The molecule has 0 radical (unpaired) electrons. The van der Waals surface area contributed by atoms with Crippen LogP contribution in [0.25, 0.3) is 0 Å². The van der Waals surface area contributed by atoms with Crippen LogP contribution in [0, 0.1) is 0 Å². The summed E-state index contributed by atoms with van der Waals surface area (Å²) in [5.74, 6) is 2.58. The van der Waals surface area contributed by atoms with Crippen molar-refractivity contribution in [1.82, 2.24) is 0 Å². The minimum absolute atomic E-state index is 0.614. The molecule has 212 valence electrons. The molecule has 0 aliphatic heterocycles. The zero-order chi connectivity index (χ0) is 26.0. The topological polar surface area (TPSA) is 18.5 Å². The average Bonchev–Trinajstić information content (AvgIpc) is 2.88. The summed E-state index contributed by atoms with van der Waals surface area (Å²) in [5.41, 5.74) is 1.23. The number of hydrogen-bond acceptors (Lipinski definition) is 5. The van der Waals surface area contributed by atoms with Gasteiger partial charge in [-0.1, -0.05) is 138 Å². The zero-order valence-corrected chi connectivity index (χ0v) is 29.3. The number of rotatable bonds is 28. The molecule has 0 spiro atoms. The number of ether oxygens (including phenoxy) is 2. The Morgan fingerprint density at radius 3 is 1.14 bits per heavy atom. The van der Waals surface area contributed by atoms with Gasteiger partial charge in [-0.15, -0.1) is 0 Å². The Balaban J connectivity index is 3.90. The highest BCUT2D eigenvalue weighted by molar-refractivity contribution is 9.09. The van der Waals surface area contributed by atoms with E-state index in [1.807, 2.05) is 24.0 Å². The summed E-state index contributed by atoms with van der Waals surface area (Å²) in [4.78, 5) is 0. The monoisotopic (exact) mass is 582 g/mol. The Kier molecular flexibility index (Phi) is 29.6. The lowest BCUT2D eigenvalue weighted by Gasteiger charge is -2.25. The molecule has 35 heavy (non-hydrogen) atoms. The zero-order valence-electron chi connectivity index (χ0n) is 24.5. The van der Waals surface area contributed by atoms with Crippen molar-refractivity contribution < 1.29 is 9.47 Å². The summed E-state index contributed by atoms with van der Waals surface area (Å²) in [6.45, 7) is 9.32. The summed E-state index contributed by atoms with van der Waals surface area (Å²) >= 11 is 0. The van der Waals surface area contributed by atoms with Gasteiger partial charge >= 0.3 is 0 Å². The van der Waals surface area contributed by atoms with Gasteiger partial charge in [0.15, 0.2) is 0 Å². The predicted octanol–water partition coefficient (Wildman–Crippen LogP) is 10.1. The summed E-state index contributed by atoms with van der Waals surface area (Å²) in [6, 6.07) is 5.95. The molecule has 7 heteroatoms. The molecule has 0 saturated carbocycles. The summed E-state index contributed by atoms with van der Waals surface area (Å²) in [7, 11) is 8.63. The Morgan fingerprint density at radius 1 is 0.514 bits per heavy atom. The van der Waals surface area contributed by atoms with E-state index in [1.54, 1.807) is 0 Å². The molecule has 0 aliphatic carbocycles. The highest BCUT2D eigenvalue weighted by Gasteiger charge is 2.22. The number of unbranched alkanes of at least 4 members (excludes halogenated alkanes) is 6. The van der Waals surface area contributed by atoms with Crippen molar-refractivity contribution in [3.63, 3.8) is 0 Å². The molecular weight excluding hydrogens is 521 g/mol. The molecule has 2 atom stereocenters. The first-order valence-electron chi connectivity index (χ1n) is 15.1. The standard InChI is InChI=1S/C28H62O2S3Si2/c1-7-11-23-34(24-12-8-2)27(29-5)19-15-17-21-31-33-32-22-18-16-20-28(30-6)35(25-13-9-3)26-14-10-4/h27-28,34-35H,7-26H2,1-6H3. The summed E-state index contributed by atoms with van der Waals surface area (Å²) in [5, 5.41) is 0. The molecule has 0 rings (SSSR count). The van der Waals surface area contributed by atoms with Gasteiger partial charge in [0.05, 0.1) is 17.6 Å². The molecular formula is C28H62O2S3Si2. The van der Waals surface area contributed by atoms with Crippen LogP contribution in [-0.4, -0.2) is 54.8 Å². The molecule has 0 N–H and O–H groups in total. The molecule has 0 saturated heterocycles. The first-order valence-corrected chi connectivity index (χ1v) is 23.6. The lowest BCUT2D eigenvalue weighted by molar-refractivity contribution is 0.150. The summed E-state index contributed by atoms with van der Waals surface area (Å²) < 4.78 is 12.0. The second kappa shape index (κ2) is 28.4. The van der Waals surface area contributed by atoms with Crippen molar-refractivity contribution in [3.8, 4) is 0 Å². The van der Waals surface area contributed by atoms with Crippen molar-refractivity contribution in [2.75, 3.05) is 25.7 Å². The Hall–Kier alpha value is 1.40. The van der Waals surface area contributed by atoms with E-state index in [9.17, 15) is 0 Å². The van der Waals surface area contributed by atoms with Crippen LogP contribution in [0.15, 0.2) is 0 Å². The van der Waals surface area contributed by atoms with Crippen molar-refractivity contribution in [2.24, 2.45) is 0 Å². The fourth-order valence-electron chi connectivity index (χ4n) is 5.10. The van der Waals surface area contributed by atoms with E-state index in [2.05, 4.69) is 49.3 Å². The van der Waals surface area contributed by atoms with Gasteiger partial charge in [0.25, 0.3) is 0 Å². The van der Waals surface area contributed by atoms with Crippen molar-refractivity contribution in [3.05, 3.63) is 0 Å². The second-order valence-corrected chi connectivity index (χ2v) is 21.6. The Bertz CT molecular complexity index is 370. The van der Waals surface area contributed by atoms with Crippen LogP contribution >= 0.6 is 31.4 Å². The highest BCUT2D eigenvalue weighted by Crippen LogP contribution is 2.36. The molecule has 0 amide bonds. The van der Waals surface area contributed by atoms with Gasteiger partial charge in [-0.05, 0) is 35.5 Å². The maximum absolute atomic E-state index is 6.01. The van der Waals surface area contributed by atoms with Gasteiger partial charge in [-0.3, -0.25) is 0 Å². The maximum atomic E-state index is 6.01. The fourth-order valence-corrected chi connectivity index (χ4v) is 17.1. The molecule has 0 aromatic heterocycles. The fraction of sp³-hybridized carbons (Fsp3) is 1.00. The molecule has 0 heterocycles. The van der Waals surface area contributed by atoms with Crippen LogP contribution < -0.4 is 0 Å². The van der Waals surface area contributed by atoms with Crippen LogP contribution in [0.3, 0.4) is 0 Å². The van der Waals surface area contributed by atoms with E-state index in [0.717, 1.165) is 0 Å². The lowest BCUT2D eigenvalue weighted by atomic mass is 10.3. The molecule has 0 aliphatic rings. The van der Waals surface area contributed by atoms with Gasteiger partial charge in [0.1, 0.15) is 0 Å². The van der Waals surface area contributed by atoms with Crippen LogP contribution in [0.5, 0.6) is 0 Å². The largest absolute Gasteiger partial charge is 0.385 e. The van der Waals surface area contributed by atoms with Crippen LogP contribution in [0.1, 0.15) is 118 Å². The molecule has 0 bridgehead atoms. The van der Waals surface area contributed by atoms with Crippen LogP contribution in [0.2, 0.25) is 24.2 Å². The maximum Gasteiger partial charge on any atom is 0.0716 e. The summed E-state index contributed by atoms with van der Waals surface area (Å²) in [6.07, 6.45) is 19.0. The van der Waals surface area contributed by atoms with E-state index >= 15 is 0 Å². The minimum atomic E-state index is -0.739. The van der Waals surface area contributed by atoms with Crippen molar-refractivity contribution >= 4 is 49.0 Å². The normalized spacial score (nSPS) is 13.7.